The van der Waals surface area contributed by atoms with Crippen LogP contribution in [0, 0.1) is 0 Å². The van der Waals surface area contributed by atoms with Gasteiger partial charge in [0.25, 0.3) is 5.91 Å². The van der Waals surface area contributed by atoms with E-state index in [0.29, 0.717) is 32.1 Å². The van der Waals surface area contributed by atoms with Crippen LogP contribution in [0.2, 0.25) is 0 Å². The van der Waals surface area contributed by atoms with Crippen molar-refractivity contribution in [2.75, 3.05) is 46.0 Å². The Morgan fingerprint density at radius 2 is 1.80 bits per heavy atom. The van der Waals surface area contributed by atoms with Crippen molar-refractivity contribution in [2.45, 2.75) is 19.4 Å². The molecule has 7 nitrogen and oxygen atoms in total. The van der Waals surface area contributed by atoms with Crippen molar-refractivity contribution in [3.05, 3.63) is 83.1 Å². The van der Waals surface area contributed by atoms with Gasteiger partial charge in [0.15, 0.2) is 11.5 Å². The standard InChI is InChI=1S/C28H32N2O5/c1-2-35-23-12-10-22(11-13-23)26-25(24(31)14-9-21-7-4-3-5-8-21)27(32)28(33)30(26)16-6-15-29-17-19-34-20-18-29/h3-5,7-14,26,32H,2,6,15-20H2,1H3/b14-9+/t26-/m0/s1. The highest BCUT2D eigenvalue weighted by Crippen LogP contribution is 2.38. The summed E-state index contributed by atoms with van der Waals surface area (Å²) in [6, 6.07) is 16.2. The van der Waals surface area contributed by atoms with Crippen LogP contribution in [0.3, 0.4) is 0 Å². The minimum Gasteiger partial charge on any atom is -0.503 e. The van der Waals surface area contributed by atoms with E-state index in [2.05, 4.69) is 4.90 Å². The van der Waals surface area contributed by atoms with E-state index in [9.17, 15) is 14.7 Å². The molecule has 2 aliphatic rings. The number of ketones is 1. The van der Waals surface area contributed by atoms with Crippen LogP contribution >= 0.6 is 0 Å². The zero-order valence-electron chi connectivity index (χ0n) is 20.1. The molecule has 1 atom stereocenters. The van der Waals surface area contributed by atoms with Gasteiger partial charge in [0, 0.05) is 26.2 Å². The highest BCUT2D eigenvalue weighted by molar-refractivity contribution is 6.14. The number of rotatable bonds is 10. The topological polar surface area (TPSA) is 79.3 Å². The van der Waals surface area contributed by atoms with Crippen LogP contribution in [-0.2, 0) is 14.3 Å². The van der Waals surface area contributed by atoms with E-state index in [1.54, 1.807) is 11.0 Å². The number of allylic oxidation sites excluding steroid dienone is 1. The maximum absolute atomic E-state index is 13.3. The summed E-state index contributed by atoms with van der Waals surface area (Å²) in [5.41, 5.74) is 1.73. The first-order valence-corrected chi connectivity index (χ1v) is 12.1. The van der Waals surface area contributed by atoms with E-state index >= 15 is 0 Å². The molecule has 0 spiro atoms. The van der Waals surface area contributed by atoms with Crippen LogP contribution in [-0.4, -0.2) is 72.6 Å². The molecule has 0 aromatic heterocycles. The first-order chi connectivity index (χ1) is 17.1. The predicted molar refractivity (Wildman–Crippen MR) is 134 cm³/mol. The number of morpholine rings is 1. The van der Waals surface area contributed by atoms with Gasteiger partial charge in [-0.2, -0.15) is 0 Å². The van der Waals surface area contributed by atoms with Crippen LogP contribution < -0.4 is 4.74 Å². The number of amides is 1. The third kappa shape index (κ3) is 5.99. The molecule has 0 aliphatic carbocycles. The molecule has 2 heterocycles. The number of aliphatic hydroxyl groups excluding tert-OH is 1. The van der Waals surface area contributed by atoms with Gasteiger partial charge in [-0.25, -0.2) is 0 Å². The molecular formula is C28H32N2O5. The number of carbonyl (C=O) groups is 2. The normalized spacial score (nSPS) is 19.1. The number of hydrogen-bond acceptors (Lipinski definition) is 6. The van der Waals surface area contributed by atoms with Gasteiger partial charge < -0.3 is 19.5 Å². The van der Waals surface area contributed by atoms with Crippen LogP contribution in [0.4, 0.5) is 0 Å². The minimum atomic E-state index is -0.657. The summed E-state index contributed by atoms with van der Waals surface area (Å²) >= 11 is 0. The maximum atomic E-state index is 13.3. The maximum Gasteiger partial charge on any atom is 0.290 e. The van der Waals surface area contributed by atoms with E-state index in [0.717, 1.165) is 37.2 Å². The molecule has 2 aliphatic heterocycles. The molecule has 184 valence electrons. The number of aliphatic hydroxyl groups is 1. The average Bonchev–Trinajstić information content (AvgIpc) is 3.14. The van der Waals surface area contributed by atoms with E-state index in [-0.39, 0.29) is 11.4 Å². The fraction of sp³-hybridized carbons (Fsp3) is 0.357. The first-order valence-electron chi connectivity index (χ1n) is 12.1. The lowest BCUT2D eigenvalue weighted by Gasteiger charge is -2.30. The fourth-order valence-corrected chi connectivity index (χ4v) is 4.51. The fourth-order valence-electron chi connectivity index (χ4n) is 4.51. The molecular weight excluding hydrogens is 444 g/mol. The van der Waals surface area contributed by atoms with Gasteiger partial charge in [-0.15, -0.1) is 0 Å². The summed E-state index contributed by atoms with van der Waals surface area (Å²) in [5, 5.41) is 10.8. The lowest BCUT2D eigenvalue weighted by Crippen LogP contribution is -2.39. The monoisotopic (exact) mass is 476 g/mol. The van der Waals surface area contributed by atoms with Crippen LogP contribution in [0.25, 0.3) is 6.08 Å². The van der Waals surface area contributed by atoms with Crippen molar-refractivity contribution < 1.29 is 24.2 Å². The van der Waals surface area contributed by atoms with Crippen LogP contribution in [0.1, 0.15) is 30.5 Å². The highest BCUT2D eigenvalue weighted by atomic mass is 16.5. The zero-order chi connectivity index (χ0) is 24.6. The van der Waals surface area contributed by atoms with Gasteiger partial charge in [0.1, 0.15) is 5.75 Å². The SMILES string of the molecule is CCOc1ccc([C@H]2C(C(=O)/C=C/c3ccccc3)=C(O)C(=O)N2CCCN2CCOCC2)cc1. The summed E-state index contributed by atoms with van der Waals surface area (Å²) in [7, 11) is 0. The molecule has 0 bridgehead atoms. The number of nitrogens with zero attached hydrogens (tertiary/aromatic N) is 2. The van der Waals surface area contributed by atoms with Gasteiger partial charge in [-0.05, 0) is 42.7 Å². The summed E-state index contributed by atoms with van der Waals surface area (Å²) in [6.45, 7) is 6.87. The number of ether oxygens (including phenoxy) is 2. The summed E-state index contributed by atoms with van der Waals surface area (Å²) in [6.07, 6.45) is 3.85. The van der Waals surface area contributed by atoms with Gasteiger partial charge in [0.05, 0.1) is 31.4 Å². The number of carbonyl (C=O) groups excluding carboxylic acids is 2. The van der Waals surface area contributed by atoms with Gasteiger partial charge in [-0.1, -0.05) is 48.5 Å². The van der Waals surface area contributed by atoms with Crippen molar-refractivity contribution in [1.29, 1.82) is 0 Å². The lowest BCUT2D eigenvalue weighted by atomic mass is 9.95. The van der Waals surface area contributed by atoms with Crippen molar-refractivity contribution in [3.8, 4) is 5.75 Å². The number of benzene rings is 2. The molecule has 4 rings (SSSR count). The van der Waals surface area contributed by atoms with Gasteiger partial charge in [-0.3, -0.25) is 14.5 Å². The third-order valence-corrected chi connectivity index (χ3v) is 6.28. The minimum absolute atomic E-state index is 0.109. The largest absolute Gasteiger partial charge is 0.503 e. The highest BCUT2D eigenvalue weighted by Gasteiger charge is 2.42. The molecule has 0 saturated carbocycles. The summed E-state index contributed by atoms with van der Waals surface area (Å²) in [4.78, 5) is 30.3. The Balaban J connectivity index is 1.57. The Morgan fingerprint density at radius 1 is 1.09 bits per heavy atom. The van der Waals surface area contributed by atoms with E-state index < -0.39 is 17.7 Å². The Bertz CT molecular complexity index is 1070. The quantitative estimate of drug-likeness (QED) is 0.526. The van der Waals surface area contributed by atoms with Gasteiger partial charge >= 0.3 is 0 Å². The second-order valence-electron chi connectivity index (χ2n) is 8.58. The van der Waals surface area contributed by atoms with E-state index in [1.165, 1.54) is 6.08 Å². The van der Waals surface area contributed by atoms with Crippen molar-refractivity contribution >= 4 is 17.8 Å². The Morgan fingerprint density at radius 3 is 2.49 bits per heavy atom. The molecule has 1 N–H and O–H groups in total. The lowest BCUT2D eigenvalue weighted by molar-refractivity contribution is -0.129. The number of hydrogen-bond donors (Lipinski definition) is 1. The van der Waals surface area contributed by atoms with Crippen molar-refractivity contribution in [1.82, 2.24) is 9.80 Å². The Labute approximate surface area is 206 Å². The second kappa shape index (κ2) is 11.8. The first kappa shape index (κ1) is 24.7. The Hall–Kier alpha value is -3.42. The van der Waals surface area contributed by atoms with Crippen molar-refractivity contribution in [2.24, 2.45) is 0 Å². The summed E-state index contributed by atoms with van der Waals surface area (Å²) in [5.74, 6) is -0.654. The third-order valence-electron chi connectivity index (χ3n) is 6.28. The average molecular weight is 477 g/mol. The molecule has 2 aromatic carbocycles. The zero-order valence-corrected chi connectivity index (χ0v) is 20.1. The van der Waals surface area contributed by atoms with E-state index in [4.69, 9.17) is 9.47 Å². The molecule has 0 unspecified atom stereocenters. The molecule has 0 radical (unpaired) electrons. The molecule has 1 saturated heterocycles. The van der Waals surface area contributed by atoms with E-state index in [1.807, 2.05) is 61.5 Å². The van der Waals surface area contributed by atoms with Gasteiger partial charge in [0.2, 0.25) is 0 Å². The molecule has 7 heteroatoms. The molecule has 1 fully saturated rings. The van der Waals surface area contributed by atoms with Crippen LogP contribution in [0.15, 0.2) is 72.0 Å². The second-order valence-corrected chi connectivity index (χ2v) is 8.58. The molecule has 35 heavy (non-hydrogen) atoms. The predicted octanol–water partition coefficient (Wildman–Crippen LogP) is 3.79. The van der Waals surface area contributed by atoms with Crippen molar-refractivity contribution in [3.63, 3.8) is 0 Å². The molecule has 1 amide bonds. The van der Waals surface area contributed by atoms with Crippen LogP contribution in [0.5, 0.6) is 5.75 Å². The smallest absolute Gasteiger partial charge is 0.290 e. The molecule has 2 aromatic rings. The Kier molecular flexibility index (Phi) is 8.34. The summed E-state index contributed by atoms with van der Waals surface area (Å²) < 4.78 is 11.0.